The smallest absolute Gasteiger partial charge is 0.291 e. The van der Waals surface area contributed by atoms with Gasteiger partial charge in [-0.25, -0.2) is 8.78 Å². The molecule has 0 aliphatic rings. The van der Waals surface area contributed by atoms with E-state index in [1.165, 1.54) is 12.1 Å². The quantitative estimate of drug-likeness (QED) is 0.892. The Hall–Kier alpha value is -1.40. The standard InChI is InChI=1S/C11H5BrClF2NO2/c12-9-2-1-8(18-9)11(17)16-10-6(13)3-5(14)4-7(10)15/h1-4H,(H,16,17). The van der Waals surface area contributed by atoms with Crippen LogP contribution in [0.2, 0.25) is 5.02 Å². The fraction of sp³-hybridized carbons (Fsp3) is 0. The van der Waals surface area contributed by atoms with E-state index in [0.29, 0.717) is 10.7 Å². The van der Waals surface area contributed by atoms with E-state index < -0.39 is 17.5 Å². The number of benzene rings is 1. The summed E-state index contributed by atoms with van der Waals surface area (Å²) >= 11 is 8.66. The van der Waals surface area contributed by atoms with Crippen LogP contribution in [0.25, 0.3) is 0 Å². The first-order valence-corrected chi connectivity index (χ1v) is 5.85. The summed E-state index contributed by atoms with van der Waals surface area (Å²) in [5.74, 6) is -2.50. The molecule has 0 saturated carbocycles. The van der Waals surface area contributed by atoms with Crippen molar-refractivity contribution in [3.8, 4) is 0 Å². The van der Waals surface area contributed by atoms with Crippen molar-refractivity contribution in [2.24, 2.45) is 0 Å². The second kappa shape index (κ2) is 5.07. The Bertz CT molecular complexity index is 592. The van der Waals surface area contributed by atoms with Crippen molar-refractivity contribution in [2.45, 2.75) is 0 Å². The number of amides is 1. The van der Waals surface area contributed by atoms with Crippen LogP contribution >= 0.6 is 27.5 Å². The number of carbonyl (C=O) groups excluding carboxylic acids is 1. The highest BCUT2D eigenvalue weighted by atomic mass is 79.9. The van der Waals surface area contributed by atoms with Crippen LogP contribution in [0.4, 0.5) is 14.5 Å². The largest absolute Gasteiger partial charge is 0.444 e. The summed E-state index contributed by atoms with van der Waals surface area (Å²) in [6, 6.07) is 4.43. The van der Waals surface area contributed by atoms with Gasteiger partial charge in [-0.1, -0.05) is 11.6 Å². The predicted molar refractivity (Wildman–Crippen MR) is 65.7 cm³/mol. The third kappa shape index (κ3) is 2.70. The number of halogens is 4. The van der Waals surface area contributed by atoms with E-state index in [1.54, 1.807) is 0 Å². The number of hydrogen-bond donors (Lipinski definition) is 1. The molecule has 0 atom stereocenters. The monoisotopic (exact) mass is 335 g/mol. The molecule has 0 aliphatic heterocycles. The summed E-state index contributed by atoms with van der Waals surface area (Å²) < 4.78 is 31.6. The molecule has 0 radical (unpaired) electrons. The lowest BCUT2D eigenvalue weighted by atomic mass is 10.3. The average molecular weight is 337 g/mol. The van der Waals surface area contributed by atoms with Gasteiger partial charge in [-0.2, -0.15) is 0 Å². The molecule has 1 aromatic heterocycles. The van der Waals surface area contributed by atoms with Crippen LogP contribution in [0, 0.1) is 11.6 Å². The minimum absolute atomic E-state index is 0.0262. The molecule has 0 aliphatic carbocycles. The molecule has 0 spiro atoms. The first-order chi connectivity index (χ1) is 8.47. The molecule has 0 fully saturated rings. The summed E-state index contributed by atoms with van der Waals surface area (Å²) in [6.07, 6.45) is 0. The van der Waals surface area contributed by atoms with E-state index in [-0.39, 0.29) is 16.5 Å². The molecule has 7 heteroatoms. The maximum Gasteiger partial charge on any atom is 0.291 e. The summed E-state index contributed by atoms with van der Waals surface area (Å²) in [7, 11) is 0. The SMILES string of the molecule is O=C(Nc1c(F)cc(F)cc1Cl)c1ccc(Br)o1. The Morgan fingerprint density at radius 2 is 2.06 bits per heavy atom. The van der Waals surface area contributed by atoms with Crippen molar-refractivity contribution in [3.05, 3.63) is 51.4 Å². The molecule has 1 aromatic carbocycles. The van der Waals surface area contributed by atoms with Crippen LogP contribution in [0.15, 0.2) is 33.4 Å². The van der Waals surface area contributed by atoms with Crippen molar-refractivity contribution >= 4 is 39.1 Å². The average Bonchev–Trinajstić information content (AvgIpc) is 2.70. The number of anilines is 1. The third-order valence-electron chi connectivity index (χ3n) is 2.04. The number of hydrogen-bond acceptors (Lipinski definition) is 2. The lowest BCUT2D eigenvalue weighted by Crippen LogP contribution is -2.12. The summed E-state index contributed by atoms with van der Waals surface area (Å²) in [6.45, 7) is 0. The highest BCUT2D eigenvalue weighted by Crippen LogP contribution is 2.27. The summed E-state index contributed by atoms with van der Waals surface area (Å²) in [4.78, 5) is 11.7. The van der Waals surface area contributed by atoms with Crippen LogP contribution in [0.3, 0.4) is 0 Å². The maximum absolute atomic E-state index is 13.4. The minimum Gasteiger partial charge on any atom is -0.444 e. The van der Waals surface area contributed by atoms with E-state index in [4.69, 9.17) is 16.0 Å². The molecule has 0 unspecified atom stereocenters. The first-order valence-electron chi connectivity index (χ1n) is 4.68. The Balaban J connectivity index is 2.27. The van der Waals surface area contributed by atoms with Crippen LogP contribution < -0.4 is 5.32 Å². The fourth-order valence-corrected chi connectivity index (χ4v) is 1.82. The van der Waals surface area contributed by atoms with Gasteiger partial charge in [0, 0.05) is 6.07 Å². The van der Waals surface area contributed by atoms with E-state index in [0.717, 1.165) is 6.07 Å². The molecular formula is C11H5BrClF2NO2. The molecule has 2 rings (SSSR count). The van der Waals surface area contributed by atoms with Gasteiger partial charge in [-0.3, -0.25) is 4.79 Å². The van der Waals surface area contributed by atoms with Gasteiger partial charge in [0.05, 0.1) is 10.7 Å². The molecule has 3 nitrogen and oxygen atoms in total. The normalized spacial score (nSPS) is 10.4. The molecular weight excluding hydrogens is 331 g/mol. The Morgan fingerprint density at radius 1 is 1.33 bits per heavy atom. The Labute approximate surface area is 114 Å². The van der Waals surface area contributed by atoms with E-state index in [9.17, 15) is 13.6 Å². The predicted octanol–water partition coefficient (Wildman–Crippen LogP) is 4.23. The number of nitrogens with one attached hydrogen (secondary N) is 1. The molecule has 94 valence electrons. The highest BCUT2D eigenvalue weighted by Gasteiger charge is 2.16. The van der Waals surface area contributed by atoms with Crippen LogP contribution in [0.1, 0.15) is 10.6 Å². The number of carbonyl (C=O) groups is 1. The molecule has 0 saturated heterocycles. The lowest BCUT2D eigenvalue weighted by molar-refractivity contribution is 0.0995. The molecule has 1 heterocycles. The Kier molecular flexibility index (Phi) is 3.68. The van der Waals surface area contributed by atoms with Crippen molar-refractivity contribution in [1.82, 2.24) is 0 Å². The highest BCUT2D eigenvalue weighted by molar-refractivity contribution is 9.10. The van der Waals surface area contributed by atoms with Gasteiger partial charge in [-0.15, -0.1) is 0 Å². The zero-order valence-corrected chi connectivity index (χ0v) is 11.0. The molecule has 18 heavy (non-hydrogen) atoms. The van der Waals surface area contributed by atoms with Crippen LogP contribution in [-0.2, 0) is 0 Å². The second-order valence-electron chi connectivity index (χ2n) is 3.30. The third-order valence-corrected chi connectivity index (χ3v) is 2.77. The maximum atomic E-state index is 13.4. The van der Waals surface area contributed by atoms with Gasteiger partial charge in [0.1, 0.15) is 5.82 Å². The summed E-state index contributed by atoms with van der Waals surface area (Å²) in [5.41, 5.74) is -0.296. The molecule has 0 bridgehead atoms. The van der Waals surface area contributed by atoms with Gasteiger partial charge in [0.25, 0.3) is 5.91 Å². The fourth-order valence-electron chi connectivity index (χ4n) is 1.27. The van der Waals surface area contributed by atoms with E-state index in [1.807, 2.05) is 0 Å². The van der Waals surface area contributed by atoms with Crippen LogP contribution in [-0.4, -0.2) is 5.91 Å². The van der Waals surface area contributed by atoms with Gasteiger partial charge < -0.3 is 9.73 Å². The van der Waals surface area contributed by atoms with E-state index in [2.05, 4.69) is 21.2 Å². The van der Waals surface area contributed by atoms with Crippen molar-refractivity contribution in [3.63, 3.8) is 0 Å². The second-order valence-corrected chi connectivity index (χ2v) is 4.49. The summed E-state index contributed by atoms with van der Waals surface area (Å²) in [5, 5.41) is 1.98. The van der Waals surface area contributed by atoms with Crippen molar-refractivity contribution in [2.75, 3.05) is 5.32 Å². The van der Waals surface area contributed by atoms with Crippen LogP contribution in [0.5, 0.6) is 0 Å². The zero-order chi connectivity index (χ0) is 13.3. The molecule has 1 N–H and O–H groups in total. The van der Waals surface area contributed by atoms with Gasteiger partial charge in [0.2, 0.25) is 0 Å². The first kappa shape index (κ1) is 13.0. The number of rotatable bonds is 2. The molecule has 1 amide bonds. The number of furan rings is 1. The molecule has 2 aromatic rings. The lowest BCUT2D eigenvalue weighted by Gasteiger charge is -2.07. The van der Waals surface area contributed by atoms with Crippen molar-refractivity contribution < 1.29 is 18.0 Å². The zero-order valence-electron chi connectivity index (χ0n) is 8.64. The topological polar surface area (TPSA) is 42.2 Å². The van der Waals surface area contributed by atoms with Crippen molar-refractivity contribution in [1.29, 1.82) is 0 Å². The minimum atomic E-state index is -0.959. The van der Waals surface area contributed by atoms with E-state index >= 15 is 0 Å². The van der Waals surface area contributed by atoms with Gasteiger partial charge in [0.15, 0.2) is 16.2 Å². The van der Waals surface area contributed by atoms with Gasteiger partial charge in [-0.05, 0) is 34.1 Å². The Morgan fingerprint density at radius 3 is 2.61 bits per heavy atom. The van der Waals surface area contributed by atoms with Gasteiger partial charge >= 0.3 is 0 Å².